The molecule has 1 aromatic heterocycles. The van der Waals surface area contributed by atoms with Gasteiger partial charge in [-0.1, -0.05) is 61.0 Å². The van der Waals surface area contributed by atoms with Crippen LogP contribution in [0, 0.1) is 27.6 Å². The van der Waals surface area contributed by atoms with Gasteiger partial charge in [0.2, 0.25) is 17.7 Å². The molecule has 0 radical (unpaired) electrons. The van der Waals surface area contributed by atoms with Crippen LogP contribution in [0.1, 0.15) is 98.0 Å². The molecule has 4 fully saturated rings. The lowest BCUT2D eigenvalue weighted by Gasteiger charge is -2.36. The molecule has 4 aliphatic rings. The number of nitrogens with one attached hydrogen (secondary N) is 4. The molecule has 1 aromatic rings. The smallest absolute Gasteiger partial charge is 0.303 e. The highest BCUT2D eigenvalue weighted by Crippen LogP contribution is 2.88. The highest BCUT2D eigenvalue weighted by Gasteiger charge is 2.85. The summed E-state index contributed by atoms with van der Waals surface area (Å²) in [5.41, 5.74) is -2.89. The second kappa shape index (κ2) is 13.5. The van der Waals surface area contributed by atoms with Crippen molar-refractivity contribution < 1.29 is 32.4 Å². The normalized spacial score (nSPS) is 28.0. The number of carbonyl (C=O) groups is 5. The molecule has 0 unspecified atom stereocenters. The van der Waals surface area contributed by atoms with E-state index in [1.54, 1.807) is 18.7 Å². The molecule has 6 atom stereocenters. The summed E-state index contributed by atoms with van der Waals surface area (Å²) in [6.45, 7) is 19.0. The molecule has 1 aliphatic heterocycles. The van der Waals surface area contributed by atoms with Crippen molar-refractivity contribution in [1.82, 2.24) is 39.8 Å². The summed E-state index contributed by atoms with van der Waals surface area (Å²) >= 11 is 0. The Kier molecular flexibility index (Phi) is 10.2. The number of amides is 5. The number of carbonyl (C=O) groups excluding carboxylic acids is 5. The first-order valence-electron chi connectivity index (χ1n) is 18.1. The molecule has 1 saturated heterocycles. The average Bonchev–Trinajstić information content (AvgIpc) is 3.78. The van der Waals surface area contributed by atoms with Gasteiger partial charge in [0.25, 0.3) is 11.8 Å². The van der Waals surface area contributed by atoms with Gasteiger partial charge in [-0.05, 0) is 48.9 Å². The minimum atomic E-state index is -4.17. The quantitative estimate of drug-likeness (QED) is 0.217. The number of aromatic nitrogens is 2. The molecule has 4 N–H and O–H groups in total. The summed E-state index contributed by atoms with van der Waals surface area (Å²) in [5, 5.41) is 8.32. The van der Waals surface area contributed by atoms with Crippen LogP contribution in [0.2, 0.25) is 0 Å². The van der Waals surface area contributed by atoms with Gasteiger partial charge in [0.1, 0.15) is 29.4 Å². The molecule has 15 nitrogen and oxygen atoms in total. The Labute approximate surface area is 306 Å². The molecular weight excluding hydrogens is 689 g/mol. The van der Waals surface area contributed by atoms with E-state index in [0.29, 0.717) is 13.0 Å². The van der Waals surface area contributed by atoms with Gasteiger partial charge >= 0.3 is 10.2 Å². The van der Waals surface area contributed by atoms with E-state index in [0.717, 1.165) is 23.6 Å². The lowest BCUT2D eigenvalue weighted by molar-refractivity contribution is -0.144. The van der Waals surface area contributed by atoms with Gasteiger partial charge in [0.05, 0.1) is 6.20 Å². The Morgan fingerprint density at radius 1 is 1.06 bits per heavy atom. The van der Waals surface area contributed by atoms with Crippen molar-refractivity contribution in [2.45, 2.75) is 111 Å². The third-order valence-corrected chi connectivity index (χ3v) is 14.3. The molecule has 5 amide bonds. The SMILES string of the molecule is C=C[C@@H]1C[C@]1(NC(=O)[C@@H]1C[C@@]2(CN1C(=O)[C@@H](NC(=O)[C@H](C)NC(=O)c1cnccn1)C(C)(C)C)C(C)(C)C21CCC1)C(=O)NS(=O)(=O)N(CC)CC. The monoisotopic (exact) mass is 742 g/mol. The molecule has 0 bridgehead atoms. The number of nitrogens with zero attached hydrogens (tertiary/aromatic N) is 4. The van der Waals surface area contributed by atoms with E-state index in [1.807, 2.05) is 20.8 Å². The number of rotatable bonds is 13. The summed E-state index contributed by atoms with van der Waals surface area (Å²) in [6, 6.07) is -3.11. The summed E-state index contributed by atoms with van der Waals surface area (Å²) in [7, 11) is -4.17. The first-order chi connectivity index (χ1) is 24.2. The predicted molar refractivity (Wildman–Crippen MR) is 192 cm³/mol. The van der Waals surface area contributed by atoms with Crippen molar-refractivity contribution in [3.63, 3.8) is 0 Å². The van der Waals surface area contributed by atoms with Crippen LogP contribution in [0.15, 0.2) is 31.2 Å². The number of hydrogen-bond acceptors (Lipinski definition) is 9. The topological polar surface area (TPSA) is 200 Å². The first-order valence-corrected chi connectivity index (χ1v) is 19.6. The van der Waals surface area contributed by atoms with E-state index in [9.17, 15) is 32.4 Å². The Balaban J connectivity index is 1.41. The first kappa shape index (κ1) is 39.3. The van der Waals surface area contributed by atoms with Crippen molar-refractivity contribution in [1.29, 1.82) is 0 Å². The van der Waals surface area contributed by atoms with Gasteiger partial charge in [0.15, 0.2) is 0 Å². The maximum absolute atomic E-state index is 14.8. The molecule has 0 aromatic carbocycles. The maximum Gasteiger partial charge on any atom is 0.303 e. The highest BCUT2D eigenvalue weighted by atomic mass is 32.2. The Hall–Kier alpha value is -3.92. The van der Waals surface area contributed by atoms with Gasteiger partial charge < -0.3 is 20.9 Å². The molecule has 2 spiro atoms. The summed E-state index contributed by atoms with van der Waals surface area (Å²) in [6.07, 6.45) is 9.12. The van der Waals surface area contributed by atoms with Gasteiger partial charge in [-0.3, -0.25) is 29.0 Å². The molecule has 2 heterocycles. The van der Waals surface area contributed by atoms with Crippen molar-refractivity contribution in [2.75, 3.05) is 19.6 Å². The fourth-order valence-electron chi connectivity index (χ4n) is 9.07. The third kappa shape index (κ3) is 6.28. The second-order valence-corrected chi connectivity index (χ2v) is 18.1. The molecular formula is C36H54N8O7S. The summed E-state index contributed by atoms with van der Waals surface area (Å²) < 4.78 is 29.3. The van der Waals surface area contributed by atoms with Crippen molar-refractivity contribution in [3.05, 3.63) is 36.9 Å². The third-order valence-electron chi connectivity index (χ3n) is 12.7. The predicted octanol–water partition coefficient (Wildman–Crippen LogP) is 1.69. The molecule has 5 rings (SSSR count). The number of hydrogen-bond donors (Lipinski definition) is 4. The molecule has 3 saturated carbocycles. The Bertz CT molecular complexity index is 1740. The second-order valence-electron chi connectivity index (χ2n) is 16.4. The van der Waals surface area contributed by atoms with Crippen LogP contribution in [-0.4, -0.2) is 100 Å². The highest BCUT2D eigenvalue weighted by molar-refractivity contribution is 7.87. The minimum absolute atomic E-state index is 0.0326. The lowest BCUT2D eigenvalue weighted by atomic mass is 9.73. The minimum Gasteiger partial charge on any atom is -0.342 e. The Morgan fingerprint density at radius 3 is 2.19 bits per heavy atom. The van der Waals surface area contributed by atoms with Gasteiger partial charge in [-0.15, -0.1) is 6.58 Å². The van der Waals surface area contributed by atoms with Crippen LogP contribution in [0.4, 0.5) is 0 Å². The van der Waals surface area contributed by atoms with Crippen LogP contribution in [0.25, 0.3) is 0 Å². The van der Waals surface area contributed by atoms with Crippen molar-refractivity contribution in [2.24, 2.45) is 27.6 Å². The number of likely N-dealkylation sites (tertiary alicyclic amines) is 1. The van der Waals surface area contributed by atoms with Crippen LogP contribution >= 0.6 is 0 Å². The largest absolute Gasteiger partial charge is 0.342 e. The summed E-state index contributed by atoms with van der Waals surface area (Å²) in [4.78, 5) is 78.5. The average molecular weight is 743 g/mol. The zero-order valence-corrected chi connectivity index (χ0v) is 32.4. The van der Waals surface area contributed by atoms with Gasteiger partial charge in [-0.2, -0.15) is 12.7 Å². The van der Waals surface area contributed by atoms with E-state index in [4.69, 9.17) is 0 Å². The van der Waals surface area contributed by atoms with Crippen LogP contribution in [0.5, 0.6) is 0 Å². The van der Waals surface area contributed by atoms with E-state index >= 15 is 0 Å². The fourth-order valence-corrected chi connectivity index (χ4v) is 10.3. The van der Waals surface area contributed by atoms with Crippen molar-refractivity contribution >= 4 is 39.7 Å². The molecule has 16 heteroatoms. The fraction of sp³-hybridized carbons (Fsp3) is 0.694. The van der Waals surface area contributed by atoms with Gasteiger partial charge in [-0.25, -0.2) is 9.71 Å². The van der Waals surface area contributed by atoms with Gasteiger partial charge in [0, 0.05) is 43.4 Å². The van der Waals surface area contributed by atoms with Crippen molar-refractivity contribution in [3.8, 4) is 0 Å². The Morgan fingerprint density at radius 2 is 1.71 bits per heavy atom. The standard InChI is InChI=1S/C36H54N8O7S/c1-10-23-18-36(23,31(49)42-52(50,51)43(11-2)12-3)41-29(47)25-19-35(33(8,9)34(35)14-13-15-34)21-44(25)30(48)26(32(5,6)7)40-27(45)22(4)39-28(46)24-20-37-16-17-38-24/h10,16-17,20,22-23,25-26H,1,11-15,18-19,21H2,2-9H3,(H,39,46)(H,40,45)(H,41,47)(H,42,49)/t22-,23+,25-,26+,35+,36+/m0/s1. The maximum atomic E-state index is 14.8. The van der Waals surface area contributed by atoms with E-state index in [1.165, 1.54) is 31.6 Å². The lowest BCUT2D eigenvalue weighted by Crippen LogP contribution is -2.61. The summed E-state index contributed by atoms with van der Waals surface area (Å²) in [5.74, 6) is -3.59. The molecule has 286 valence electrons. The van der Waals surface area contributed by atoms with E-state index in [2.05, 4.69) is 51.1 Å². The zero-order valence-electron chi connectivity index (χ0n) is 31.5. The van der Waals surface area contributed by atoms with Crippen LogP contribution in [0.3, 0.4) is 0 Å². The van der Waals surface area contributed by atoms with Crippen LogP contribution < -0.4 is 20.7 Å². The molecule has 52 heavy (non-hydrogen) atoms. The van der Waals surface area contributed by atoms with Crippen LogP contribution in [-0.2, 0) is 29.4 Å². The molecule has 3 aliphatic carbocycles. The van der Waals surface area contributed by atoms with E-state index < -0.39 is 74.7 Å². The zero-order chi connectivity index (χ0) is 38.7. The number of fused-ring (bicyclic) bond motifs is 1. The van der Waals surface area contributed by atoms with E-state index in [-0.39, 0.29) is 41.4 Å².